The first-order valence-electron chi connectivity index (χ1n) is 8.03. The normalized spacial score (nSPS) is 12.2. The number of nitrogens with zero attached hydrogens (tertiary/aromatic N) is 4. The fourth-order valence-electron chi connectivity index (χ4n) is 2.77. The number of nitrogens with one attached hydrogen (secondary N) is 1. The average molecular weight is 331 g/mol. The van der Waals surface area contributed by atoms with Gasteiger partial charge in [-0.3, -0.25) is 0 Å². The molecule has 25 heavy (non-hydrogen) atoms. The van der Waals surface area contributed by atoms with Gasteiger partial charge in [0.1, 0.15) is 12.1 Å². The number of anilines is 1. The van der Waals surface area contributed by atoms with Crippen molar-refractivity contribution in [1.82, 2.24) is 19.6 Å². The van der Waals surface area contributed by atoms with E-state index in [1.807, 2.05) is 66.7 Å². The molecular weight excluding hydrogens is 314 g/mol. The second kappa shape index (κ2) is 6.70. The predicted octanol–water partition coefficient (Wildman–Crippen LogP) is 2.94. The third-order valence-electron chi connectivity index (χ3n) is 4.03. The Bertz CT molecular complexity index is 969. The Hall–Kier alpha value is -3.25. The highest BCUT2D eigenvalue weighted by Gasteiger charge is 2.14. The molecule has 1 unspecified atom stereocenters. The molecule has 0 bridgehead atoms. The average Bonchev–Trinajstić information content (AvgIpc) is 3.16. The van der Waals surface area contributed by atoms with Gasteiger partial charge in [0.2, 0.25) is 0 Å². The molecule has 0 saturated carbocycles. The summed E-state index contributed by atoms with van der Waals surface area (Å²) in [6.07, 6.45) is 1.47. The lowest BCUT2D eigenvalue weighted by Crippen LogP contribution is -2.17. The molecule has 0 fully saturated rings. The molecule has 0 saturated heterocycles. The number of hydrogen-bond donors (Lipinski definition) is 2. The number of aliphatic hydroxyl groups is 1. The lowest BCUT2D eigenvalue weighted by molar-refractivity contribution is 0.276. The number of aliphatic hydroxyl groups excluding tert-OH is 1. The van der Waals surface area contributed by atoms with Gasteiger partial charge in [-0.1, -0.05) is 60.7 Å². The molecule has 0 spiro atoms. The van der Waals surface area contributed by atoms with Crippen molar-refractivity contribution < 1.29 is 5.11 Å². The molecule has 1 atom stereocenters. The summed E-state index contributed by atoms with van der Waals surface area (Å²) < 4.78 is 1.64. The summed E-state index contributed by atoms with van der Waals surface area (Å²) in [5.74, 6) is 1.23. The molecule has 2 N–H and O–H groups in total. The molecule has 0 aliphatic carbocycles. The van der Waals surface area contributed by atoms with Gasteiger partial charge in [-0.05, 0) is 5.56 Å². The fourth-order valence-corrected chi connectivity index (χ4v) is 2.77. The number of aromatic nitrogens is 4. The van der Waals surface area contributed by atoms with Crippen LogP contribution in [0.3, 0.4) is 0 Å². The lowest BCUT2D eigenvalue weighted by atomic mass is 10.1. The molecule has 0 radical (unpaired) electrons. The van der Waals surface area contributed by atoms with Gasteiger partial charge in [0, 0.05) is 11.6 Å². The highest BCUT2D eigenvalue weighted by Crippen LogP contribution is 2.24. The number of hydrogen-bond acceptors (Lipinski definition) is 5. The van der Waals surface area contributed by atoms with E-state index < -0.39 is 0 Å². The van der Waals surface area contributed by atoms with E-state index >= 15 is 0 Å². The molecule has 124 valence electrons. The van der Waals surface area contributed by atoms with E-state index in [0.29, 0.717) is 5.78 Å². The standard InChI is InChI=1S/C19H17N5O/c25-12-17(15-9-5-2-6-10-15)22-18-11-16(14-7-3-1-4-8-14)23-19-20-13-21-24(18)19/h1-11,13,17,22,25H,12H2. The Labute approximate surface area is 144 Å². The molecule has 4 rings (SSSR count). The van der Waals surface area contributed by atoms with Gasteiger partial charge in [-0.2, -0.15) is 14.6 Å². The minimum atomic E-state index is -0.250. The largest absolute Gasteiger partial charge is 0.394 e. The summed E-state index contributed by atoms with van der Waals surface area (Å²) in [7, 11) is 0. The summed E-state index contributed by atoms with van der Waals surface area (Å²) >= 11 is 0. The van der Waals surface area contributed by atoms with Gasteiger partial charge in [-0.15, -0.1) is 0 Å². The minimum absolute atomic E-state index is 0.0385. The Morgan fingerprint density at radius 3 is 2.44 bits per heavy atom. The van der Waals surface area contributed by atoms with Crippen LogP contribution in [-0.4, -0.2) is 31.3 Å². The van der Waals surface area contributed by atoms with E-state index in [9.17, 15) is 5.11 Å². The van der Waals surface area contributed by atoms with E-state index in [1.54, 1.807) is 4.52 Å². The topological polar surface area (TPSA) is 75.3 Å². The molecule has 0 aliphatic rings. The first-order chi connectivity index (χ1) is 12.3. The van der Waals surface area contributed by atoms with Crippen molar-refractivity contribution in [2.45, 2.75) is 6.04 Å². The summed E-state index contributed by atoms with van der Waals surface area (Å²) in [6, 6.07) is 21.4. The van der Waals surface area contributed by atoms with Crippen LogP contribution >= 0.6 is 0 Å². The lowest BCUT2D eigenvalue weighted by Gasteiger charge is -2.19. The Morgan fingerprint density at radius 2 is 1.72 bits per heavy atom. The summed E-state index contributed by atoms with van der Waals surface area (Å²) in [5, 5.41) is 17.4. The maximum Gasteiger partial charge on any atom is 0.254 e. The molecule has 2 heterocycles. The van der Waals surface area contributed by atoms with E-state index in [-0.39, 0.29) is 12.6 Å². The summed E-state index contributed by atoms with van der Waals surface area (Å²) in [6.45, 7) is -0.0385. The quantitative estimate of drug-likeness (QED) is 0.588. The number of benzene rings is 2. The van der Waals surface area contributed by atoms with Gasteiger partial charge in [0.05, 0.1) is 18.3 Å². The van der Waals surface area contributed by atoms with Gasteiger partial charge in [0.15, 0.2) is 0 Å². The molecular formula is C19H17N5O. The van der Waals surface area contributed by atoms with Crippen molar-refractivity contribution in [3.8, 4) is 11.3 Å². The van der Waals surface area contributed by atoms with Crippen molar-refractivity contribution >= 4 is 11.6 Å². The van der Waals surface area contributed by atoms with Crippen LogP contribution in [0.4, 0.5) is 5.82 Å². The maximum absolute atomic E-state index is 9.83. The zero-order valence-corrected chi connectivity index (χ0v) is 13.4. The van der Waals surface area contributed by atoms with Gasteiger partial charge in [-0.25, -0.2) is 4.98 Å². The van der Waals surface area contributed by atoms with Crippen LogP contribution in [0.5, 0.6) is 0 Å². The smallest absolute Gasteiger partial charge is 0.254 e. The SMILES string of the molecule is OCC(Nc1cc(-c2ccccc2)nc2ncnn12)c1ccccc1. The second-order valence-electron chi connectivity index (χ2n) is 5.65. The zero-order valence-electron chi connectivity index (χ0n) is 13.4. The minimum Gasteiger partial charge on any atom is -0.394 e. The maximum atomic E-state index is 9.83. The molecule has 6 heteroatoms. The number of rotatable bonds is 5. The molecule has 0 amide bonds. The Balaban J connectivity index is 1.77. The van der Waals surface area contributed by atoms with Crippen LogP contribution in [0.15, 0.2) is 73.1 Å². The van der Waals surface area contributed by atoms with E-state index in [2.05, 4.69) is 20.4 Å². The molecule has 6 nitrogen and oxygen atoms in total. The highest BCUT2D eigenvalue weighted by atomic mass is 16.3. The van der Waals surface area contributed by atoms with Crippen LogP contribution in [0, 0.1) is 0 Å². The van der Waals surface area contributed by atoms with Crippen molar-refractivity contribution in [1.29, 1.82) is 0 Å². The van der Waals surface area contributed by atoms with Crippen molar-refractivity contribution in [2.75, 3.05) is 11.9 Å². The van der Waals surface area contributed by atoms with Crippen LogP contribution in [0.2, 0.25) is 0 Å². The molecule has 0 aliphatic heterocycles. The first kappa shape index (κ1) is 15.3. The van der Waals surface area contributed by atoms with Crippen molar-refractivity contribution in [3.05, 3.63) is 78.6 Å². The third kappa shape index (κ3) is 3.07. The molecule has 4 aromatic rings. The van der Waals surface area contributed by atoms with Crippen LogP contribution in [0.25, 0.3) is 17.0 Å². The monoisotopic (exact) mass is 331 g/mol. The molecule has 2 aromatic heterocycles. The van der Waals surface area contributed by atoms with Crippen LogP contribution in [0.1, 0.15) is 11.6 Å². The summed E-state index contributed by atoms with van der Waals surface area (Å²) in [5.41, 5.74) is 2.79. The molecule has 2 aromatic carbocycles. The van der Waals surface area contributed by atoms with Gasteiger partial charge < -0.3 is 10.4 Å². The van der Waals surface area contributed by atoms with E-state index in [1.165, 1.54) is 6.33 Å². The van der Waals surface area contributed by atoms with Crippen molar-refractivity contribution in [2.24, 2.45) is 0 Å². The van der Waals surface area contributed by atoms with Crippen LogP contribution in [-0.2, 0) is 0 Å². The third-order valence-corrected chi connectivity index (χ3v) is 4.03. The van der Waals surface area contributed by atoms with E-state index in [4.69, 9.17) is 0 Å². The van der Waals surface area contributed by atoms with Gasteiger partial charge >= 0.3 is 0 Å². The van der Waals surface area contributed by atoms with Crippen LogP contribution < -0.4 is 5.32 Å². The highest BCUT2D eigenvalue weighted by molar-refractivity contribution is 5.65. The predicted molar refractivity (Wildman–Crippen MR) is 96.1 cm³/mol. The second-order valence-corrected chi connectivity index (χ2v) is 5.65. The Kier molecular flexibility index (Phi) is 4.10. The first-order valence-corrected chi connectivity index (χ1v) is 8.03. The summed E-state index contributed by atoms with van der Waals surface area (Å²) in [4.78, 5) is 8.77. The fraction of sp³-hybridized carbons (Fsp3) is 0.105. The zero-order chi connectivity index (χ0) is 17.1. The van der Waals surface area contributed by atoms with Crippen molar-refractivity contribution in [3.63, 3.8) is 0 Å². The van der Waals surface area contributed by atoms with Gasteiger partial charge in [0.25, 0.3) is 5.78 Å². The van der Waals surface area contributed by atoms with E-state index in [0.717, 1.165) is 22.6 Å². The Morgan fingerprint density at radius 1 is 1.00 bits per heavy atom. The number of fused-ring (bicyclic) bond motifs is 1.